The molecule has 0 bridgehead atoms. The quantitative estimate of drug-likeness (QED) is 0.444. The zero-order valence-electron chi connectivity index (χ0n) is 14.9. The van der Waals surface area contributed by atoms with Gasteiger partial charge >= 0.3 is 0 Å². The monoisotopic (exact) mass is 351 g/mol. The van der Waals surface area contributed by atoms with Gasteiger partial charge in [0.15, 0.2) is 11.5 Å². The molecule has 0 unspecified atom stereocenters. The Bertz CT molecular complexity index is 811. The number of aromatic nitrogens is 1. The Morgan fingerprint density at radius 3 is 2.81 bits per heavy atom. The summed E-state index contributed by atoms with van der Waals surface area (Å²) in [5.74, 6) is 1.05. The van der Waals surface area contributed by atoms with Crippen LogP contribution in [-0.4, -0.2) is 24.6 Å². The molecule has 2 rings (SSSR count). The van der Waals surface area contributed by atoms with E-state index in [0.717, 1.165) is 12.8 Å². The van der Waals surface area contributed by atoms with E-state index in [-0.39, 0.29) is 5.57 Å². The number of hydrogen-bond donors (Lipinski definition) is 1. The van der Waals surface area contributed by atoms with E-state index in [4.69, 9.17) is 9.47 Å². The number of methoxy groups -OCH3 is 1. The van der Waals surface area contributed by atoms with Gasteiger partial charge in [-0.1, -0.05) is 25.5 Å². The summed E-state index contributed by atoms with van der Waals surface area (Å²) < 4.78 is 11.0. The molecule has 26 heavy (non-hydrogen) atoms. The van der Waals surface area contributed by atoms with E-state index in [2.05, 4.69) is 17.2 Å². The number of carbonyl (C=O) groups excluding carboxylic acids is 1. The minimum atomic E-state index is -0.520. The molecule has 0 spiro atoms. The van der Waals surface area contributed by atoms with Crippen LogP contribution in [0.25, 0.3) is 6.08 Å². The summed E-state index contributed by atoms with van der Waals surface area (Å²) in [5, 5.41) is 11.9. The SMILES string of the molecule is CCCCOc1ccc(/C=C(/C#N)C(=O)Nc2ccccn2)cc1OC. The fourth-order valence-electron chi connectivity index (χ4n) is 2.16. The molecule has 1 heterocycles. The molecule has 6 heteroatoms. The van der Waals surface area contributed by atoms with Crippen LogP contribution in [0.4, 0.5) is 5.82 Å². The van der Waals surface area contributed by atoms with Crippen molar-refractivity contribution in [2.24, 2.45) is 0 Å². The third kappa shape index (κ3) is 5.35. The van der Waals surface area contributed by atoms with Crippen molar-refractivity contribution < 1.29 is 14.3 Å². The number of amides is 1. The van der Waals surface area contributed by atoms with Gasteiger partial charge in [0.25, 0.3) is 5.91 Å². The topological polar surface area (TPSA) is 84.2 Å². The second-order valence-corrected chi connectivity index (χ2v) is 5.45. The molecule has 0 saturated heterocycles. The van der Waals surface area contributed by atoms with Gasteiger partial charge in [0.1, 0.15) is 17.5 Å². The largest absolute Gasteiger partial charge is 0.493 e. The Morgan fingerprint density at radius 1 is 1.31 bits per heavy atom. The van der Waals surface area contributed by atoms with Crippen molar-refractivity contribution >= 4 is 17.8 Å². The fourth-order valence-corrected chi connectivity index (χ4v) is 2.16. The first kappa shape index (κ1) is 19.0. The summed E-state index contributed by atoms with van der Waals surface area (Å²) in [7, 11) is 1.55. The van der Waals surface area contributed by atoms with Gasteiger partial charge in [0, 0.05) is 6.20 Å². The molecule has 0 aliphatic heterocycles. The van der Waals surface area contributed by atoms with Crippen molar-refractivity contribution in [1.29, 1.82) is 5.26 Å². The van der Waals surface area contributed by atoms with Crippen LogP contribution in [0.2, 0.25) is 0 Å². The first-order chi connectivity index (χ1) is 12.7. The van der Waals surface area contributed by atoms with Crippen molar-refractivity contribution in [3.8, 4) is 17.6 Å². The Morgan fingerprint density at radius 2 is 2.15 bits per heavy atom. The van der Waals surface area contributed by atoms with Crippen LogP contribution >= 0.6 is 0 Å². The summed E-state index contributed by atoms with van der Waals surface area (Å²) in [6.07, 6.45) is 5.06. The van der Waals surface area contributed by atoms with E-state index >= 15 is 0 Å². The number of anilines is 1. The van der Waals surface area contributed by atoms with Crippen LogP contribution in [0.15, 0.2) is 48.2 Å². The minimum Gasteiger partial charge on any atom is -0.493 e. The number of pyridine rings is 1. The normalized spacial score (nSPS) is 10.7. The van der Waals surface area contributed by atoms with Crippen LogP contribution in [0.1, 0.15) is 25.3 Å². The average Bonchev–Trinajstić information content (AvgIpc) is 2.67. The van der Waals surface area contributed by atoms with E-state index in [1.165, 1.54) is 6.08 Å². The summed E-state index contributed by atoms with van der Waals surface area (Å²) in [6.45, 7) is 2.70. The van der Waals surface area contributed by atoms with Gasteiger partial charge in [-0.05, 0) is 42.3 Å². The maximum Gasteiger partial charge on any atom is 0.267 e. The van der Waals surface area contributed by atoms with Crippen LogP contribution in [0.3, 0.4) is 0 Å². The highest BCUT2D eigenvalue weighted by molar-refractivity contribution is 6.09. The number of carbonyl (C=O) groups is 1. The number of ether oxygens (including phenoxy) is 2. The van der Waals surface area contributed by atoms with E-state index in [0.29, 0.717) is 29.5 Å². The molecule has 0 atom stereocenters. The van der Waals surface area contributed by atoms with Crippen molar-refractivity contribution in [3.63, 3.8) is 0 Å². The van der Waals surface area contributed by atoms with Gasteiger partial charge in [0.05, 0.1) is 13.7 Å². The maximum atomic E-state index is 12.2. The molecule has 0 aliphatic rings. The first-order valence-corrected chi connectivity index (χ1v) is 8.33. The number of unbranched alkanes of at least 4 members (excludes halogenated alkanes) is 1. The highest BCUT2D eigenvalue weighted by Gasteiger charge is 2.11. The lowest BCUT2D eigenvalue weighted by molar-refractivity contribution is -0.112. The first-order valence-electron chi connectivity index (χ1n) is 8.33. The third-order valence-corrected chi connectivity index (χ3v) is 3.53. The van der Waals surface area contributed by atoms with Gasteiger partial charge in [-0.25, -0.2) is 4.98 Å². The number of rotatable bonds is 8. The number of benzene rings is 1. The zero-order valence-corrected chi connectivity index (χ0v) is 14.9. The van der Waals surface area contributed by atoms with Gasteiger partial charge in [0.2, 0.25) is 0 Å². The molecule has 6 nitrogen and oxygen atoms in total. The van der Waals surface area contributed by atoms with Gasteiger partial charge < -0.3 is 14.8 Å². The van der Waals surface area contributed by atoms with Crippen LogP contribution in [0.5, 0.6) is 11.5 Å². The minimum absolute atomic E-state index is 0.0302. The summed E-state index contributed by atoms with van der Waals surface area (Å²) in [5.41, 5.74) is 0.634. The lowest BCUT2D eigenvalue weighted by Crippen LogP contribution is -2.14. The predicted octanol–water partition coefficient (Wildman–Crippen LogP) is 3.81. The molecular weight excluding hydrogens is 330 g/mol. The Labute approximate surface area is 153 Å². The smallest absolute Gasteiger partial charge is 0.267 e. The molecule has 0 radical (unpaired) electrons. The van der Waals surface area contributed by atoms with E-state index < -0.39 is 5.91 Å². The van der Waals surface area contributed by atoms with Crippen molar-refractivity contribution in [2.75, 3.05) is 19.0 Å². The van der Waals surface area contributed by atoms with E-state index in [1.807, 2.05) is 6.07 Å². The maximum absolute atomic E-state index is 12.2. The highest BCUT2D eigenvalue weighted by Crippen LogP contribution is 2.29. The summed E-state index contributed by atoms with van der Waals surface area (Å²) in [6, 6.07) is 12.3. The van der Waals surface area contributed by atoms with Crippen molar-refractivity contribution in [2.45, 2.75) is 19.8 Å². The molecule has 2 aromatic rings. The molecule has 1 aromatic carbocycles. The third-order valence-electron chi connectivity index (χ3n) is 3.53. The number of nitrogens with one attached hydrogen (secondary N) is 1. The van der Waals surface area contributed by atoms with Crippen LogP contribution in [-0.2, 0) is 4.79 Å². The average molecular weight is 351 g/mol. The van der Waals surface area contributed by atoms with Crippen molar-refractivity contribution in [1.82, 2.24) is 4.98 Å². The molecule has 1 amide bonds. The van der Waals surface area contributed by atoms with E-state index in [1.54, 1.807) is 49.7 Å². The molecule has 1 aromatic heterocycles. The summed E-state index contributed by atoms with van der Waals surface area (Å²) >= 11 is 0. The molecule has 1 N–H and O–H groups in total. The molecule has 0 saturated carbocycles. The predicted molar refractivity (Wildman–Crippen MR) is 99.9 cm³/mol. The second kappa shape index (κ2) is 9.84. The number of nitriles is 1. The van der Waals surface area contributed by atoms with Gasteiger partial charge in [-0.2, -0.15) is 5.26 Å². The molecular formula is C20H21N3O3. The lowest BCUT2D eigenvalue weighted by atomic mass is 10.1. The van der Waals surface area contributed by atoms with Gasteiger partial charge in [-0.15, -0.1) is 0 Å². The van der Waals surface area contributed by atoms with Crippen LogP contribution in [0, 0.1) is 11.3 Å². The standard InChI is InChI=1S/C20H21N3O3/c1-3-4-11-26-17-9-8-15(13-18(17)25-2)12-16(14-21)20(24)23-19-7-5-6-10-22-19/h5-10,12-13H,3-4,11H2,1-2H3,(H,22,23,24)/b16-12-. The highest BCUT2D eigenvalue weighted by atomic mass is 16.5. The zero-order chi connectivity index (χ0) is 18.8. The fraction of sp³-hybridized carbons (Fsp3) is 0.250. The second-order valence-electron chi connectivity index (χ2n) is 5.45. The summed E-state index contributed by atoms with van der Waals surface area (Å²) in [4.78, 5) is 16.3. The van der Waals surface area contributed by atoms with E-state index in [9.17, 15) is 10.1 Å². The van der Waals surface area contributed by atoms with Crippen LogP contribution < -0.4 is 14.8 Å². The Kier molecular flexibility index (Phi) is 7.19. The number of nitrogens with zero attached hydrogens (tertiary/aromatic N) is 2. The lowest BCUT2D eigenvalue weighted by Gasteiger charge is -2.11. The van der Waals surface area contributed by atoms with Gasteiger partial charge in [-0.3, -0.25) is 4.79 Å². The molecule has 134 valence electrons. The number of hydrogen-bond acceptors (Lipinski definition) is 5. The van der Waals surface area contributed by atoms with Crippen molar-refractivity contribution in [3.05, 3.63) is 53.7 Å². The molecule has 0 fully saturated rings. The molecule has 0 aliphatic carbocycles. The Balaban J connectivity index is 2.17. The Hall–Kier alpha value is -3.33.